The van der Waals surface area contributed by atoms with E-state index in [1.807, 2.05) is 31.2 Å². The van der Waals surface area contributed by atoms with Crippen LogP contribution in [0.25, 0.3) is 34.1 Å². The quantitative estimate of drug-likeness (QED) is 0.577. The van der Waals surface area contributed by atoms with Crippen molar-refractivity contribution in [1.82, 2.24) is 0 Å². The Morgan fingerprint density at radius 3 is 2.74 bits per heavy atom. The summed E-state index contributed by atoms with van der Waals surface area (Å²) in [6.07, 6.45) is 6.08. The summed E-state index contributed by atoms with van der Waals surface area (Å²) in [6.45, 7) is 8.08. The van der Waals surface area contributed by atoms with Crippen LogP contribution in [0.5, 0.6) is 0 Å². The first kappa shape index (κ1) is 11.8. The van der Waals surface area contributed by atoms with E-state index >= 15 is 0 Å². The minimum Gasteiger partial charge on any atom is -0.456 e. The van der Waals surface area contributed by atoms with Crippen LogP contribution in [0.2, 0.25) is 0 Å². The summed E-state index contributed by atoms with van der Waals surface area (Å²) >= 11 is 0. The number of furan rings is 1. The number of aryl methyl sites for hydroxylation is 1. The molecule has 0 saturated heterocycles. The fourth-order valence-electron chi connectivity index (χ4n) is 2.65. The lowest BCUT2D eigenvalue weighted by atomic mass is 9.97. The minimum atomic E-state index is 0.932. The molecule has 0 saturated carbocycles. The zero-order valence-corrected chi connectivity index (χ0v) is 11.2. The first-order valence-electron chi connectivity index (χ1n) is 6.46. The largest absolute Gasteiger partial charge is 0.456 e. The summed E-state index contributed by atoms with van der Waals surface area (Å²) in [7, 11) is 0. The molecule has 2 aromatic carbocycles. The summed E-state index contributed by atoms with van der Waals surface area (Å²) in [4.78, 5) is 0. The van der Waals surface area contributed by atoms with Crippen molar-refractivity contribution >= 4 is 34.1 Å². The van der Waals surface area contributed by atoms with Crippen molar-refractivity contribution in [2.45, 2.75) is 13.8 Å². The summed E-state index contributed by atoms with van der Waals surface area (Å²) in [6, 6.07) is 10.3. The molecule has 0 aliphatic heterocycles. The molecule has 1 aromatic heterocycles. The summed E-state index contributed by atoms with van der Waals surface area (Å²) in [5.74, 6) is 0. The Kier molecular flexibility index (Phi) is 2.75. The zero-order chi connectivity index (χ0) is 13.4. The maximum atomic E-state index is 5.99. The van der Waals surface area contributed by atoms with Gasteiger partial charge >= 0.3 is 0 Å². The maximum absolute atomic E-state index is 5.99. The van der Waals surface area contributed by atoms with Crippen LogP contribution in [0.4, 0.5) is 0 Å². The first-order chi connectivity index (χ1) is 9.26. The molecule has 0 amide bonds. The fraction of sp³-hybridized carbons (Fsp3) is 0.111. The molecule has 0 aliphatic carbocycles. The van der Waals surface area contributed by atoms with E-state index < -0.39 is 0 Å². The van der Waals surface area contributed by atoms with Gasteiger partial charge in [-0.25, -0.2) is 0 Å². The highest BCUT2D eigenvalue weighted by molar-refractivity contribution is 6.11. The lowest BCUT2D eigenvalue weighted by Crippen LogP contribution is -1.85. The predicted octanol–water partition coefficient (Wildman–Crippen LogP) is 5.57. The molecule has 1 nitrogen and oxygen atoms in total. The molecular weight excluding hydrogens is 232 g/mol. The molecule has 0 fully saturated rings. The molecule has 3 rings (SSSR count). The highest BCUT2D eigenvalue weighted by Gasteiger charge is 2.14. The van der Waals surface area contributed by atoms with Gasteiger partial charge in [-0.15, -0.1) is 0 Å². The van der Waals surface area contributed by atoms with E-state index in [0.29, 0.717) is 0 Å². The Hall–Kier alpha value is -2.28. The second-order valence-corrected chi connectivity index (χ2v) is 4.70. The molecule has 0 atom stereocenters. The smallest absolute Gasteiger partial charge is 0.138 e. The molecular formula is C18H16O. The molecule has 0 aliphatic rings. The average molecular weight is 248 g/mol. The standard InChI is InChI=1S/C18H16O/c1-4-8-13-11-12(3)18-17(14(13)5-2)15-9-6-7-10-16(15)19-18/h4-11H,2H2,1,3H3/b8-4-. The normalized spacial score (nSPS) is 11.7. The molecule has 94 valence electrons. The van der Waals surface area contributed by atoms with E-state index in [1.165, 1.54) is 10.9 Å². The van der Waals surface area contributed by atoms with Crippen molar-refractivity contribution in [2.24, 2.45) is 0 Å². The van der Waals surface area contributed by atoms with Gasteiger partial charge in [0.1, 0.15) is 11.2 Å². The van der Waals surface area contributed by atoms with Crippen molar-refractivity contribution in [2.75, 3.05) is 0 Å². The van der Waals surface area contributed by atoms with E-state index in [1.54, 1.807) is 0 Å². The van der Waals surface area contributed by atoms with Gasteiger partial charge in [0, 0.05) is 10.8 Å². The van der Waals surface area contributed by atoms with Crippen LogP contribution in [0.15, 0.2) is 47.4 Å². The van der Waals surface area contributed by atoms with Gasteiger partial charge in [0.25, 0.3) is 0 Å². The van der Waals surface area contributed by atoms with Crippen LogP contribution in [-0.2, 0) is 0 Å². The monoisotopic (exact) mass is 248 g/mol. The number of benzene rings is 2. The number of hydrogen-bond acceptors (Lipinski definition) is 1. The third-order valence-electron chi connectivity index (χ3n) is 3.46. The van der Waals surface area contributed by atoms with E-state index in [-0.39, 0.29) is 0 Å². The topological polar surface area (TPSA) is 13.1 Å². The number of allylic oxidation sites excluding steroid dienone is 1. The molecule has 0 radical (unpaired) electrons. The second kappa shape index (κ2) is 4.43. The minimum absolute atomic E-state index is 0.932. The van der Waals surface area contributed by atoms with Gasteiger partial charge in [-0.05, 0) is 42.7 Å². The van der Waals surface area contributed by atoms with E-state index in [2.05, 4.69) is 37.8 Å². The van der Waals surface area contributed by atoms with Crippen molar-refractivity contribution < 1.29 is 4.42 Å². The van der Waals surface area contributed by atoms with Crippen LogP contribution in [0, 0.1) is 6.92 Å². The van der Waals surface area contributed by atoms with E-state index in [0.717, 1.165) is 27.7 Å². The predicted molar refractivity (Wildman–Crippen MR) is 83.3 cm³/mol. The van der Waals surface area contributed by atoms with Crippen LogP contribution in [0.3, 0.4) is 0 Å². The Bertz CT molecular complexity index is 803. The zero-order valence-electron chi connectivity index (χ0n) is 11.2. The third kappa shape index (κ3) is 1.70. The molecule has 1 heteroatoms. The highest BCUT2D eigenvalue weighted by Crippen LogP contribution is 2.36. The molecule has 3 aromatic rings. The SMILES string of the molecule is C=Cc1c(/C=C\C)cc(C)c2oc3ccccc3c12. The van der Waals surface area contributed by atoms with E-state index in [4.69, 9.17) is 4.42 Å². The maximum Gasteiger partial charge on any atom is 0.138 e. The van der Waals surface area contributed by atoms with Crippen LogP contribution >= 0.6 is 0 Å². The van der Waals surface area contributed by atoms with Gasteiger partial charge in [0.15, 0.2) is 0 Å². The molecule has 0 unspecified atom stereocenters. The molecule has 0 N–H and O–H groups in total. The van der Waals surface area contributed by atoms with E-state index in [9.17, 15) is 0 Å². The van der Waals surface area contributed by atoms with Crippen LogP contribution < -0.4 is 0 Å². The van der Waals surface area contributed by atoms with Gasteiger partial charge < -0.3 is 4.42 Å². The van der Waals surface area contributed by atoms with Gasteiger partial charge in [-0.3, -0.25) is 0 Å². The highest BCUT2D eigenvalue weighted by atomic mass is 16.3. The lowest BCUT2D eigenvalue weighted by molar-refractivity contribution is 0.665. The van der Waals surface area contributed by atoms with Gasteiger partial charge in [-0.1, -0.05) is 43.0 Å². The Balaban J connectivity index is 2.57. The number of hydrogen-bond donors (Lipinski definition) is 0. The van der Waals surface area contributed by atoms with Gasteiger partial charge in [0.2, 0.25) is 0 Å². The van der Waals surface area contributed by atoms with Crippen molar-refractivity contribution in [1.29, 1.82) is 0 Å². The molecule has 0 spiro atoms. The molecule has 19 heavy (non-hydrogen) atoms. The summed E-state index contributed by atoms with van der Waals surface area (Å²) in [5.41, 5.74) is 5.38. The second-order valence-electron chi connectivity index (χ2n) is 4.70. The van der Waals surface area contributed by atoms with Gasteiger partial charge in [0.05, 0.1) is 0 Å². The Labute approximate surface area is 112 Å². The fourth-order valence-corrected chi connectivity index (χ4v) is 2.65. The number of fused-ring (bicyclic) bond motifs is 3. The lowest BCUT2D eigenvalue weighted by Gasteiger charge is -2.05. The van der Waals surface area contributed by atoms with Crippen molar-refractivity contribution in [3.8, 4) is 0 Å². The van der Waals surface area contributed by atoms with Crippen LogP contribution in [0.1, 0.15) is 23.6 Å². The first-order valence-corrected chi connectivity index (χ1v) is 6.46. The third-order valence-corrected chi connectivity index (χ3v) is 3.46. The van der Waals surface area contributed by atoms with Crippen LogP contribution in [-0.4, -0.2) is 0 Å². The van der Waals surface area contributed by atoms with Crippen molar-refractivity contribution in [3.05, 3.63) is 59.7 Å². The molecule has 0 bridgehead atoms. The Morgan fingerprint density at radius 1 is 1.21 bits per heavy atom. The number of para-hydroxylation sites is 1. The summed E-state index contributed by atoms with van der Waals surface area (Å²) < 4.78 is 5.99. The molecule has 1 heterocycles. The Morgan fingerprint density at radius 2 is 2.00 bits per heavy atom. The summed E-state index contributed by atoms with van der Waals surface area (Å²) in [5, 5.41) is 2.32. The average Bonchev–Trinajstić information content (AvgIpc) is 2.80. The van der Waals surface area contributed by atoms with Crippen molar-refractivity contribution in [3.63, 3.8) is 0 Å². The number of rotatable bonds is 2. The van der Waals surface area contributed by atoms with Gasteiger partial charge in [-0.2, -0.15) is 0 Å².